The predicted molar refractivity (Wildman–Crippen MR) is 66.9 cm³/mol. The van der Waals surface area contributed by atoms with E-state index in [-0.39, 0.29) is 12.5 Å². The van der Waals surface area contributed by atoms with Crippen molar-refractivity contribution < 1.29 is 13.9 Å². The molecule has 0 aliphatic rings. The summed E-state index contributed by atoms with van der Waals surface area (Å²) in [4.78, 5) is 16.2. The third-order valence-corrected chi connectivity index (χ3v) is 3.88. The standard InChI is InChI=1S/C9H8ClN3O3S2/c1-2-15-7(14)6-12-13-9(16-6)17-4-5-3-11-8(10)18-5/h3H,2,4H2,1H3. The van der Waals surface area contributed by atoms with Crippen molar-refractivity contribution in [2.45, 2.75) is 17.9 Å². The topological polar surface area (TPSA) is 78.1 Å². The first-order chi connectivity index (χ1) is 8.69. The van der Waals surface area contributed by atoms with Crippen LogP contribution in [-0.2, 0) is 10.5 Å². The average Bonchev–Trinajstić information content (AvgIpc) is 2.95. The van der Waals surface area contributed by atoms with Crippen molar-refractivity contribution in [1.29, 1.82) is 0 Å². The smallest absolute Gasteiger partial charge is 0.396 e. The summed E-state index contributed by atoms with van der Waals surface area (Å²) in [7, 11) is 0. The first-order valence-corrected chi connectivity index (χ1v) is 7.10. The lowest BCUT2D eigenvalue weighted by Crippen LogP contribution is -2.04. The van der Waals surface area contributed by atoms with Crippen LogP contribution in [0.1, 0.15) is 22.5 Å². The van der Waals surface area contributed by atoms with Crippen LogP contribution in [-0.4, -0.2) is 27.8 Å². The minimum absolute atomic E-state index is 0.137. The highest BCUT2D eigenvalue weighted by Crippen LogP contribution is 2.26. The number of thiazole rings is 1. The highest BCUT2D eigenvalue weighted by Gasteiger charge is 2.16. The van der Waals surface area contributed by atoms with Crippen LogP contribution in [0.25, 0.3) is 0 Å². The van der Waals surface area contributed by atoms with Gasteiger partial charge in [-0.2, -0.15) is 0 Å². The molecule has 0 bridgehead atoms. The second kappa shape index (κ2) is 6.17. The Morgan fingerprint density at radius 2 is 2.44 bits per heavy atom. The Balaban J connectivity index is 1.92. The fourth-order valence-corrected chi connectivity index (χ4v) is 2.79. The van der Waals surface area contributed by atoms with Crippen LogP contribution in [0.5, 0.6) is 0 Å². The van der Waals surface area contributed by atoms with E-state index in [2.05, 4.69) is 15.2 Å². The van der Waals surface area contributed by atoms with Gasteiger partial charge in [0.15, 0.2) is 4.47 Å². The number of rotatable bonds is 5. The summed E-state index contributed by atoms with van der Waals surface area (Å²) in [6, 6.07) is 0. The normalized spacial score (nSPS) is 10.6. The van der Waals surface area contributed by atoms with Crippen molar-refractivity contribution in [3.8, 4) is 0 Å². The van der Waals surface area contributed by atoms with E-state index in [4.69, 9.17) is 20.8 Å². The minimum Gasteiger partial charge on any atom is -0.459 e. The molecule has 96 valence electrons. The molecule has 2 aromatic heterocycles. The summed E-state index contributed by atoms with van der Waals surface area (Å²) in [5, 5.41) is 7.65. The van der Waals surface area contributed by atoms with E-state index in [0.29, 0.717) is 15.4 Å². The first kappa shape index (κ1) is 13.3. The molecule has 0 fully saturated rings. The molecule has 0 amide bonds. The fraction of sp³-hybridized carbons (Fsp3) is 0.333. The number of esters is 1. The van der Waals surface area contributed by atoms with Crippen molar-refractivity contribution in [2.24, 2.45) is 0 Å². The van der Waals surface area contributed by atoms with Crippen LogP contribution in [0, 0.1) is 0 Å². The molecule has 0 saturated heterocycles. The maximum Gasteiger partial charge on any atom is 0.396 e. The van der Waals surface area contributed by atoms with Crippen molar-refractivity contribution in [3.05, 3.63) is 21.4 Å². The molecule has 18 heavy (non-hydrogen) atoms. The van der Waals surface area contributed by atoms with E-state index in [9.17, 15) is 4.79 Å². The van der Waals surface area contributed by atoms with Gasteiger partial charge in [-0.1, -0.05) is 28.5 Å². The molecule has 2 rings (SSSR count). The zero-order valence-electron chi connectivity index (χ0n) is 9.25. The van der Waals surface area contributed by atoms with Gasteiger partial charge >= 0.3 is 11.9 Å². The molecule has 0 spiro atoms. The monoisotopic (exact) mass is 305 g/mol. The van der Waals surface area contributed by atoms with Gasteiger partial charge in [-0.25, -0.2) is 9.78 Å². The van der Waals surface area contributed by atoms with Gasteiger partial charge in [0.25, 0.3) is 5.22 Å². The van der Waals surface area contributed by atoms with E-state index >= 15 is 0 Å². The van der Waals surface area contributed by atoms with Gasteiger partial charge in [-0.05, 0) is 6.92 Å². The zero-order chi connectivity index (χ0) is 13.0. The van der Waals surface area contributed by atoms with Gasteiger partial charge in [0.2, 0.25) is 0 Å². The maximum absolute atomic E-state index is 11.3. The highest BCUT2D eigenvalue weighted by molar-refractivity contribution is 7.98. The Hall–Kier alpha value is -1.12. The van der Waals surface area contributed by atoms with E-state index in [1.165, 1.54) is 23.1 Å². The molecule has 0 saturated carbocycles. The molecule has 0 aliphatic heterocycles. The largest absolute Gasteiger partial charge is 0.459 e. The molecular formula is C9H8ClN3O3S2. The van der Waals surface area contributed by atoms with Crippen molar-refractivity contribution >= 4 is 40.7 Å². The maximum atomic E-state index is 11.3. The molecule has 0 unspecified atom stereocenters. The van der Waals surface area contributed by atoms with Crippen molar-refractivity contribution in [2.75, 3.05) is 6.61 Å². The van der Waals surface area contributed by atoms with Crippen LogP contribution < -0.4 is 0 Å². The SMILES string of the molecule is CCOC(=O)c1nnc(SCc2cnc(Cl)s2)o1. The predicted octanol–water partition coefficient (Wildman–Crippen LogP) is 2.65. The molecular weight excluding hydrogens is 298 g/mol. The van der Waals surface area contributed by atoms with Crippen LogP contribution in [0.2, 0.25) is 4.47 Å². The molecule has 2 heterocycles. The number of hydrogen-bond acceptors (Lipinski definition) is 8. The second-order valence-corrected chi connectivity index (χ2v) is 5.59. The fourth-order valence-electron chi connectivity index (χ4n) is 1.03. The van der Waals surface area contributed by atoms with Crippen molar-refractivity contribution in [1.82, 2.24) is 15.2 Å². The molecule has 0 aliphatic carbocycles. The Morgan fingerprint density at radius 3 is 3.11 bits per heavy atom. The number of halogens is 1. The molecule has 0 atom stereocenters. The summed E-state index contributed by atoms with van der Waals surface area (Å²) in [6.07, 6.45) is 1.68. The number of thioether (sulfide) groups is 1. The number of nitrogens with zero attached hydrogens (tertiary/aromatic N) is 3. The van der Waals surface area contributed by atoms with Gasteiger partial charge in [0.1, 0.15) is 0 Å². The molecule has 2 aromatic rings. The summed E-state index contributed by atoms with van der Waals surface area (Å²) in [5.41, 5.74) is 0. The number of hydrogen-bond donors (Lipinski definition) is 0. The molecule has 0 aromatic carbocycles. The molecule has 6 nitrogen and oxygen atoms in total. The van der Waals surface area contributed by atoms with E-state index in [0.717, 1.165) is 4.88 Å². The number of carbonyl (C=O) groups is 1. The summed E-state index contributed by atoms with van der Waals surface area (Å²) < 4.78 is 10.4. The Kier molecular flexibility index (Phi) is 4.56. The molecule has 9 heteroatoms. The quantitative estimate of drug-likeness (QED) is 0.620. The lowest BCUT2D eigenvalue weighted by Gasteiger charge is -1.94. The van der Waals surface area contributed by atoms with Gasteiger partial charge in [-0.3, -0.25) is 0 Å². The van der Waals surface area contributed by atoms with Gasteiger partial charge < -0.3 is 9.15 Å². The third-order valence-electron chi connectivity index (χ3n) is 1.72. The Labute approximate surface area is 116 Å². The number of aromatic nitrogens is 3. The van der Waals surface area contributed by atoms with Gasteiger partial charge in [0.05, 0.1) is 6.61 Å². The van der Waals surface area contributed by atoms with Crippen LogP contribution in [0.3, 0.4) is 0 Å². The Bertz CT molecular complexity index is 543. The number of carbonyl (C=O) groups excluding carboxylic acids is 1. The van der Waals surface area contributed by atoms with Crippen LogP contribution in [0.15, 0.2) is 15.8 Å². The molecule has 0 N–H and O–H groups in total. The van der Waals surface area contributed by atoms with Crippen LogP contribution >= 0.6 is 34.7 Å². The lowest BCUT2D eigenvalue weighted by molar-refractivity contribution is 0.0475. The Morgan fingerprint density at radius 1 is 1.61 bits per heavy atom. The molecule has 0 radical (unpaired) electrons. The van der Waals surface area contributed by atoms with E-state index in [1.807, 2.05) is 0 Å². The van der Waals surface area contributed by atoms with Gasteiger partial charge in [-0.15, -0.1) is 16.4 Å². The number of ether oxygens (including phenoxy) is 1. The summed E-state index contributed by atoms with van der Waals surface area (Å²) in [5.74, 6) is -0.145. The van der Waals surface area contributed by atoms with Crippen molar-refractivity contribution in [3.63, 3.8) is 0 Å². The first-order valence-electron chi connectivity index (χ1n) is 4.92. The second-order valence-electron chi connectivity index (χ2n) is 2.96. The van der Waals surface area contributed by atoms with E-state index < -0.39 is 5.97 Å². The highest BCUT2D eigenvalue weighted by atomic mass is 35.5. The summed E-state index contributed by atoms with van der Waals surface area (Å²) >= 11 is 8.40. The average molecular weight is 306 g/mol. The third kappa shape index (κ3) is 3.44. The van der Waals surface area contributed by atoms with Gasteiger partial charge in [0, 0.05) is 16.8 Å². The zero-order valence-corrected chi connectivity index (χ0v) is 11.6. The summed E-state index contributed by atoms with van der Waals surface area (Å²) in [6.45, 7) is 1.97. The van der Waals surface area contributed by atoms with Crippen LogP contribution in [0.4, 0.5) is 0 Å². The van der Waals surface area contributed by atoms with E-state index in [1.54, 1.807) is 13.1 Å². The lowest BCUT2D eigenvalue weighted by atomic mass is 10.6. The minimum atomic E-state index is -0.613.